The lowest BCUT2D eigenvalue weighted by molar-refractivity contribution is 0.0880. The normalized spacial score (nSPS) is 17.4. The summed E-state index contributed by atoms with van der Waals surface area (Å²) >= 11 is 2.01. The van der Waals surface area contributed by atoms with Gasteiger partial charge in [0.1, 0.15) is 5.75 Å². The van der Waals surface area contributed by atoms with Crippen LogP contribution in [0.5, 0.6) is 5.75 Å². The molecule has 4 nitrogen and oxygen atoms in total. The maximum Gasteiger partial charge on any atom is 0.251 e. The minimum absolute atomic E-state index is 0.116. The van der Waals surface area contributed by atoms with Crippen LogP contribution in [0.1, 0.15) is 36.0 Å². The highest BCUT2D eigenvalue weighted by Crippen LogP contribution is 2.36. The third-order valence-corrected chi connectivity index (χ3v) is 4.74. The summed E-state index contributed by atoms with van der Waals surface area (Å²) in [5.41, 5.74) is 0.296. The summed E-state index contributed by atoms with van der Waals surface area (Å²) in [6, 6.07) is 4.87. The Morgan fingerprint density at radius 1 is 1.37 bits per heavy atom. The lowest BCUT2D eigenvalue weighted by Crippen LogP contribution is -2.38. The van der Waals surface area contributed by atoms with Gasteiger partial charge >= 0.3 is 0 Å². The second-order valence-corrected chi connectivity index (χ2v) is 6.38. The van der Waals surface area contributed by atoms with Gasteiger partial charge < -0.3 is 15.5 Å². The molecule has 0 aliphatic heterocycles. The number of aromatic hydroxyl groups is 1. The van der Waals surface area contributed by atoms with Gasteiger partial charge in [-0.05, 0) is 53.6 Å². The fourth-order valence-corrected chi connectivity index (χ4v) is 2.88. The number of halogens is 1. The largest absolute Gasteiger partial charge is 0.507 e. The maximum absolute atomic E-state index is 12.0. The number of aliphatic hydroxyl groups is 1. The lowest BCUT2D eigenvalue weighted by Gasteiger charge is -2.26. The Labute approximate surface area is 126 Å². The van der Waals surface area contributed by atoms with E-state index < -0.39 is 0 Å². The second-order valence-electron chi connectivity index (χ2n) is 5.21. The number of rotatable bonds is 4. The predicted octanol–water partition coefficient (Wildman–Crippen LogP) is 2.28. The number of nitrogens with one attached hydrogen (secondary N) is 1. The molecule has 3 N–H and O–H groups in total. The van der Waals surface area contributed by atoms with Crippen LogP contribution in [0.4, 0.5) is 0 Å². The van der Waals surface area contributed by atoms with E-state index in [1.165, 1.54) is 6.07 Å². The molecule has 0 spiro atoms. The summed E-state index contributed by atoms with van der Waals surface area (Å²) in [4.78, 5) is 12.0. The first-order chi connectivity index (χ1) is 9.06. The number of phenols is 1. The quantitative estimate of drug-likeness (QED) is 0.708. The first-order valence-corrected chi connectivity index (χ1v) is 7.52. The number of amides is 1. The average Bonchev–Trinajstić information content (AvgIpc) is 2.89. The molecule has 0 unspecified atom stereocenters. The van der Waals surface area contributed by atoms with Crippen LogP contribution < -0.4 is 5.32 Å². The van der Waals surface area contributed by atoms with E-state index in [1.807, 2.05) is 22.6 Å². The molecular formula is C14H18INO3. The number of aliphatic hydroxyl groups excluding tert-OH is 1. The molecule has 1 aromatic carbocycles. The zero-order valence-electron chi connectivity index (χ0n) is 10.7. The SMILES string of the molecule is O=C(NCC1(CO)CCCC1)c1ccc(I)c(O)c1. The third-order valence-electron chi connectivity index (χ3n) is 3.83. The van der Waals surface area contributed by atoms with Crippen molar-refractivity contribution in [2.75, 3.05) is 13.2 Å². The Balaban J connectivity index is 1.99. The van der Waals surface area contributed by atoms with Crippen molar-refractivity contribution in [2.45, 2.75) is 25.7 Å². The number of hydrogen-bond donors (Lipinski definition) is 3. The van der Waals surface area contributed by atoms with Crippen LogP contribution in [-0.2, 0) is 0 Å². The van der Waals surface area contributed by atoms with E-state index in [4.69, 9.17) is 0 Å². The highest BCUT2D eigenvalue weighted by atomic mass is 127. The van der Waals surface area contributed by atoms with Crippen LogP contribution >= 0.6 is 22.6 Å². The van der Waals surface area contributed by atoms with Gasteiger partial charge in [0.15, 0.2) is 0 Å². The van der Waals surface area contributed by atoms with Crippen LogP contribution in [0.25, 0.3) is 0 Å². The Morgan fingerprint density at radius 3 is 2.63 bits per heavy atom. The van der Waals surface area contributed by atoms with Gasteiger partial charge in [-0.3, -0.25) is 4.79 Å². The molecule has 104 valence electrons. The molecule has 0 aromatic heterocycles. The summed E-state index contributed by atoms with van der Waals surface area (Å²) in [7, 11) is 0. The number of carbonyl (C=O) groups is 1. The number of carbonyl (C=O) groups excluding carboxylic acids is 1. The van der Waals surface area contributed by atoms with E-state index in [0.717, 1.165) is 29.3 Å². The zero-order chi connectivity index (χ0) is 13.9. The third kappa shape index (κ3) is 3.39. The summed E-state index contributed by atoms with van der Waals surface area (Å²) in [5, 5.41) is 22.0. The number of benzene rings is 1. The molecule has 0 heterocycles. The van der Waals surface area contributed by atoms with Crippen LogP contribution in [-0.4, -0.2) is 29.3 Å². The monoisotopic (exact) mass is 375 g/mol. The van der Waals surface area contributed by atoms with Crippen molar-refractivity contribution in [1.82, 2.24) is 5.32 Å². The van der Waals surface area contributed by atoms with Crippen molar-refractivity contribution in [3.05, 3.63) is 27.3 Å². The molecule has 1 amide bonds. The fraction of sp³-hybridized carbons (Fsp3) is 0.500. The number of hydrogen-bond acceptors (Lipinski definition) is 3. The van der Waals surface area contributed by atoms with Crippen molar-refractivity contribution in [2.24, 2.45) is 5.41 Å². The van der Waals surface area contributed by atoms with Gasteiger partial charge in [0.2, 0.25) is 0 Å². The molecule has 0 bridgehead atoms. The van der Waals surface area contributed by atoms with E-state index in [1.54, 1.807) is 12.1 Å². The molecule has 0 radical (unpaired) electrons. The molecule has 19 heavy (non-hydrogen) atoms. The first-order valence-electron chi connectivity index (χ1n) is 6.44. The summed E-state index contributed by atoms with van der Waals surface area (Å²) in [5.74, 6) is -0.0857. The molecule has 5 heteroatoms. The van der Waals surface area contributed by atoms with Gasteiger partial charge in [-0.1, -0.05) is 12.8 Å². The molecule has 1 saturated carbocycles. The Bertz CT molecular complexity index is 470. The van der Waals surface area contributed by atoms with Crippen molar-refractivity contribution in [3.63, 3.8) is 0 Å². The Hall–Kier alpha value is -0.820. The maximum atomic E-state index is 12.0. The summed E-state index contributed by atoms with van der Waals surface area (Å²) in [6.07, 6.45) is 4.14. The van der Waals surface area contributed by atoms with Crippen molar-refractivity contribution in [3.8, 4) is 5.75 Å². The highest BCUT2D eigenvalue weighted by molar-refractivity contribution is 14.1. The van der Waals surface area contributed by atoms with E-state index >= 15 is 0 Å². The Morgan fingerprint density at radius 2 is 2.05 bits per heavy atom. The molecule has 2 rings (SSSR count). The van der Waals surface area contributed by atoms with E-state index in [-0.39, 0.29) is 23.7 Å². The molecule has 1 aliphatic rings. The van der Waals surface area contributed by atoms with Crippen LogP contribution in [0.3, 0.4) is 0 Å². The second kappa shape index (κ2) is 6.09. The van der Waals surface area contributed by atoms with Gasteiger partial charge in [0, 0.05) is 17.5 Å². The van der Waals surface area contributed by atoms with E-state index in [0.29, 0.717) is 12.1 Å². The van der Waals surface area contributed by atoms with Crippen LogP contribution in [0.15, 0.2) is 18.2 Å². The lowest BCUT2D eigenvalue weighted by atomic mass is 9.87. The van der Waals surface area contributed by atoms with Crippen LogP contribution in [0.2, 0.25) is 0 Å². The topological polar surface area (TPSA) is 69.6 Å². The number of phenolic OH excluding ortho intramolecular Hbond substituents is 1. The smallest absolute Gasteiger partial charge is 0.251 e. The minimum Gasteiger partial charge on any atom is -0.507 e. The van der Waals surface area contributed by atoms with Crippen molar-refractivity contribution >= 4 is 28.5 Å². The molecule has 0 atom stereocenters. The molecule has 1 aliphatic carbocycles. The molecule has 1 fully saturated rings. The Kier molecular flexibility index (Phi) is 4.67. The van der Waals surface area contributed by atoms with Gasteiger partial charge in [-0.25, -0.2) is 0 Å². The van der Waals surface area contributed by atoms with Crippen molar-refractivity contribution < 1.29 is 15.0 Å². The zero-order valence-corrected chi connectivity index (χ0v) is 12.8. The minimum atomic E-state index is -0.202. The standard InChI is InChI=1S/C14H18INO3/c15-11-4-3-10(7-12(11)18)13(19)16-8-14(9-17)5-1-2-6-14/h3-4,7,17-18H,1-2,5-6,8-9H2,(H,16,19). The van der Waals surface area contributed by atoms with Crippen molar-refractivity contribution in [1.29, 1.82) is 0 Å². The highest BCUT2D eigenvalue weighted by Gasteiger charge is 2.33. The van der Waals surface area contributed by atoms with E-state index in [9.17, 15) is 15.0 Å². The molecule has 0 saturated heterocycles. The molecular weight excluding hydrogens is 357 g/mol. The van der Waals surface area contributed by atoms with Gasteiger partial charge in [0.05, 0.1) is 10.2 Å². The summed E-state index contributed by atoms with van der Waals surface area (Å²) < 4.78 is 0.719. The predicted molar refractivity (Wildman–Crippen MR) is 81.1 cm³/mol. The van der Waals surface area contributed by atoms with Crippen LogP contribution in [0, 0.1) is 8.99 Å². The van der Waals surface area contributed by atoms with Gasteiger partial charge in [-0.15, -0.1) is 0 Å². The average molecular weight is 375 g/mol. The van der Waals surface area contributed by atoms with Gasteiger partial charge in [-0.2, -0.15) is 0 Å². The van der Waals surface area contributed by atoms with E-state index in [2.05, 4.69) is 5.32 Å². The first kappa shape index (κ1) is 14.6. The molecule has 1 aromatic rings. The summed E-state index contributed by atoms with van der Waals surface area (Å²) in [6.45, 7) is 0.611. The fourth-order valence-electron chi connectivity index (χ4n) is 2.54. The van der Waals surface area contributed by atoms with Gasteiger partial charge in [0.25, 0.3) is 5.91 Å².